The largest absolute Gasteiger partial charge is 0.493 e. The van der Waals surface area contributed by atoms with Gasteiger partial charge in [-0.2, -0.15) is 0 Å². The first kappa shape index (κ1) is 18.2. The highest BCUT2D eigenvalue weighted by Gasteiger charge is 2.34. The zero-order valence-corrected chi connectivity index (χ0v) is 13.9. The second-order valence-electron chi connectivity index (χ2n) is 5.53. The fourth-order valence-corrected chi connectivity index (χ4v) is 3.23. The van der Waals surface area contributed by atoms with Crippen LogP contribution in [0, 0.1) is 5.82 Å². The Balaban J connectivity index is 3.78. The number of ether oxygens (including phenoxy) is 2. The van der Waals surface area contributed by atoms with E-state index in [4.69, 9.17) is 14.6 Å². The van der Waals surface area contributed by atoms with Crippen LogP contribution in [-0.2, 0) is 20.0 Å². The molecular weight excluding hydrogens is 315 g/mol. The summed E-state index contributed by atoms with van der Waals surface area (Å²) in [5.41, 5.74) is -0.763. The lowest BCUT2D eigenvalue weighted by Gasteiger charge is -2.27. The lowest BCUT2D eigenvalue weighted by Crippen LogP contribution is -2.23. The minimum atomic E-state index is -3.89. The highest BCUT2D eigenvalue weighted by atomic mass is 32.2. The number of carbonyl (C=O) groups is 1. The molecule has 0 fully saturated rings. The molecule has 124 valence electrons. The monoisotopic (exact) mass is 334 g/mol. The van der Waals surface area contributed by atoms with E-state index in [2.05, 4.69) is 0 Å². The van der Waals surface area contributed by atoms with Crippen molar-refractivity contribution >= 4 is 15.8 Å². The molecule has 0 saturated heterocycles. The molecule has 6 nitrogen and oxygen atoms in total. The van der Waals surface area contributed by atoms with Crippen molar-refractivity contribution in [2.24, 2.45) is 0 Å². The SMILES string of the molecule is COc1c(C(C)(C)CC(=O)O)cc(F)c(S(C)(=O)=O)c1OC. The zero-order chi connectivity index (χ0) is 17.3. The van der Waals surface area contributed by atoms with E-state index in [0.717, 1.165) is 12.3 Å². The minimum Gasteiger partial charge on any atom is -0.493 e. The Bertz CT molecular complexity index is 694. The molecule has 1 N–H and O–H groups in total. The molecule has 0 saturated carbocycles. The summed E-state index contributed by atoms with van der Waals surface area (Å²) in [6, 6.07) is 0.987. The van der Waals surface area contributed by atoms with Gasteiger partial charge in [0.1, 0.15) is 10.7 Å². The summed E-state index contributed by atoms with van der Waals surface area (Å²) >= 11 is 0. The molecule has 0 heterocycles. The number of benzene rings is 1. The fraction of sp³-hybridized carbons (Fsp3) is 0.500. The third-order valence-electron chi connectivity index (χ3n) is 3.25. The van der Waals surface area contributed by atoms with Gasteiger partial charge in [0.05, 0.1) is 20.6 Å². The van der Waals surface area contributed by atoms with Crippen molar-refractivity contribution in [2.45, 2.75) is 30.6 Å². The summed E-state index contributed by atoms with van der Waals surface area (Å²) in [7, 11) is -1.42. The Morgan fingerprint density at radius 1 is 1.27 bits per heavy atom. The lowest BCUT2D eigenvalue weighted by atomic mass is 9.80. The van der Waals surface area contributed by atoms with Crippen LogP contribution in [0.25, 0.3) is 0 Å². The Kier molecular flexibility index (Phi) is 5.06. The Morgan fingerprint density at radius 2 is 1.77 bits per heavy atom. The molecule has 22 heavy (non-hydrogen) atoms. The minimum absolute atomic E-state index is 0.00979. The molecule has 0 atom stereocenters. The first-order valence-electron chi connectivity index (χ1n) is 6.32. The van der Waals surface area contributed by atoms with Crippen LogP contribution in [0.15, 0.2) is 11.0 Å². The summed E-state index contributed by atoms with van der Waals surface area (Å²) in [5.74, 6) is -2.33. The van der Waals surface area contributed by atoms with Gasteiger partial charge in [-0.25, -0.2) is 12.8 Å². The maximum absolute atomic E-state index is 14.3. The van der Waals surface area contributed by atoms with E-state index in [1.807, 2.05) is 0 Å². The molecule has 0 aliphatic heterocycles. The summed E-state index contributed by atoms with van der Waals surface area (Å²) in [5, 5.41) is 8.99. The third-order valence-corrected chi connectivity index (χ3v) is 4.37. The number of sulfone groups is 1. The molecule has 0 aliphatic carbocycles. The first-order valence-corrected chi connectivity index (χ1v) is 8.21. The van der Waals surface area contributed by atoms with Crippen molar-refractivity contribution in [1.82, 2.24) is 0 Å². The van der Waals surface area contributed by atoms with Crippen LogP contribution >= 0.6 is 0 Å². The third kappa shape index (κ3) is 3.49. The van der Waals surface area contributed by atoms with Crippen molar-refractivity contribution in [3.05, 3.63) is 17.4 Å². The van der Waals surface area contributed by atoms with Gasteiger partial charge >= 0.3 is 5.97 Å². The number of carboxylic acids is 1. The van der Waals surface area contributed by atoms with Gasteiger partial charge in [-0.15, -0.1) is 0 Å². The van der Waals surface area contributed by atoms with E-state index in [0.29, 0.717) is 0 Å². The molecule has 0 unspecified atom stereocenters. The first-order chi connectivity index (χ1) is 9.95. The quantitative estimate of drug-likeness (QED) is 0.856. The van der Waals surface area contributed by atoms with E-state index < -0.39 is 31.9 Å². The Hall–Kier alpha value is -1.83. The van der Waals surface area contributed by atoms with Gasteiger partial charge in [-0.3, -0.25) is 4.79 Å². The summed E-state index contributed by atoms with van der Waals surface area (Å²) in [6.45, 7) is 3.19. The molecule has 8 heteroatoms. The molecule has 1 rings (SSSR count). The van der Waals surface area contributed by atoms with Gasteiger partial charge in [0.2, 0.25) is 0 Å². The van der Waals surface area contributed by atoms with E-state index in [-0.39, 0.29) is 23.5 Å². The normalized spacial score (nSPS) is 12.1. The van der Waals surface area contributed by atoms with Gasteiger partial charge in [0.15, 0.2) is 21.3 Å². The van der Waals surface area contributed by atoms with Crippen molar-refractivity contribution in [3.8, 4) is 11.5 Å². The maximum atomic E-state index is 14.3. The molecule has 0 radical (unpaired) electrons. The number of hydrogen-bond donors (Lipinski definition) is 1. The average Bonchev–Trinajstić information content (AvgIpc) is 2.34. The van der Waals surface area contributed by atoms with Gasteiger partial charge in [-0.1, -0.05) is 13.8 Å². The highest BCUT2D eigenvalue weighted by molar-refractivity contribution is 7.90. The van der Waals surface area contributed by atoms with E-state index >= 15 is 0 Å². The van der Waals surface area contributed by atoms with E-state index in [9.17, 15) is 17.6 Å². The molecule has 0 bridgehead atoms. The van der Waals surface area contributed by atoms with E-state index in [1.165, 1.54) is 14.2 Å². The van der Waals surface area contributed by atoms with Crippen molar-refractivity contribution in [2.75, 3.05) is 20.5 Å². The van der Waals surface area contributed by atoms with Crippen LogP contribution in [0.4, 0.5) is 4.39 Å². The van der Waals surface area contributed by atoms with Crippen LogP contribution in [0.2, 0.25) is 0 Å². The highest BCUT2D eigenvalue weighted by Crippen LogP contribution is 2.45. The molecule has 1 aromatic rings. The fourth-order valence-electron chi connectivity index (χ4n) is 2.30. The number of carboxylic acid groups (broad SMARTS) is 1. The number of methoxy groups -OCH3 is 2. The molecule has 0 aliphatic rings. The number of halogens is 1. The maximum Gasteiger partial charge on any atom is 0.304 e. The topological polar surface area (TPSA) is 89.9 Å². The number of rotatable bonds is 6. The van der Waals surface area contributed by atoms with E-state index in [1.54, 1.807) is 13.8 Å². The molecule has 1 aromatic carbocycles. The second-order valence-corrected chi connectivity index (χ2v) is 7.48. The lowest BCUT2D eigenvalue weighted by molar-refractivity contribution is -0.138. The standard InChI is InChI=1S/C14H19FO6S/c1-14(2,7-10(16)17)8-6-9(15)13(22(5,18)19)12(21-4)11(8)20-3/h6H,7H2,1-5H3,(H,16,17). The summed E-state index contributed by atoms with van der Waals surface area (Å²) in [6.07, 6.45) is 0.569. The van der Waals surface area contributed by atoms with Crippen molar-refractivity contribution < 1.29 is 32.2 Å². The summed E-state index contributed by atoms with van der Waals surface area (Å²) in [4.78, 5) is 10.4. The Labute approximate surface area is 128 Å². The predicted octanol–water partition coefficient (Wildman–Crippen LogP) is 2.00. The Morgan fingerprint density at radius 3 is 2.14 bits per heavy atom. The van der Waals surface area contributed by atoms with Crippen molar-refractivity contribution in [1.29, 1.82) is 0 Å². The number of hydrogen-bond acceptors (Lipinski definition) is 5. The predicted molar refractivity (Wildman–Crippen MR) is 77.9 cm³/mol. The average molecular weight is 334 g/mol. The van der Waals surface area contributed by atoms with Gasteiger partial charge < -0.3 is 14.6 Å². The molecule has 0 spiro atoms. The zero-order valence-electron chi connectivity index (χ0n) is 13.1. The van der Waals surface area contributed by atoms with Gasteiger partial charge in [0.25, 0.3) is 0 Å². The van der Waals surface area contributed by atoms with Crippen LogP contribution in [0.5, 0.6) is 11.5 Å². The molecule has 0 aromatic heterocycles. The smallest absolute Gasteiger partial charge is 0.304 e. The second kappa shape index (κ2) is 6.12. The van der Waals surface area contributed by atoms with Gasteiger partial charge in [-0.05, 0) is 6.07 Å². The molecule has 0 amide bonds. The van der Waals surface area contributed by atoms with Crippen LogP contribution in [0.3, 0.4) is 0 Å². The van der Waals surface area contributed by atoms with Gasteiger partial charge in [0, 0.05) is 17.2 Å². The molecular formula is C14H19FO6S. The van der Waals surface area contributed by atoms with Crippen molar-refractivity contribution in [3.63, 3.8) is 0 Å². The number of aliphatic carboxylic acids is 1. The van der Waals surface area contributed by atoms with Crippen LogP contribution in [0.1, 0.15) is 25.8 Å². The van der Waals surface area contributed by atoms with Crippen LogP contribution < -0.4 is 9.47 Å². The summed E-state index contributed by atoms with van der Waals surface area (Å²) < 4.78 is 48.1. The van der Waals surface area contributed by atoms with Crippen LogP contribution in [-0.4, -0.2) is 40.0 Å².